The van der Waals surface area contributed by atoms with Crippen molar-refractivity contribution in [3.8, 4) is 0 Å². The second-order valence-corrected chi connectivity index (χ2v) is 5.55. The molecule has 1 fully saturated rings. The standard InChI is InChI=1S/C15H19F3N4O2/c16-15(17,18)14(24)20-10-13(23)22-7-1-6-21(8-9-22)11-12-2-4-19-5-3-12/h2-5H,1,6-11H2,(H,20,24). The maximum Gasteiger partial charge on any atom is 0.471 e. The zero-order valence-electron chi connectivity index (χ0n) is 13.1. The van der Waals surface area contributed by atoms with Crippen LogP contribution in [0.25, 0.3) is 0 Å². The number of carbonyl (C=O) groups excluding carboxylic acids is 2. The molecule has 24 heavy (non-hydrogen) atoms. The Kier molecular flexibility index (Phi) is 6.13. The second-order valence-electron chi connectivity index (χ2n) is 5.55. The van der Waals surface area contributed by atoms with Gasteiger partial charge in [-0.2, -0.15) is 13.2 Å². The normalized spacial score (nSPS) is 16.5. The van der Waals surface area contributed by atoms with Crippen molar-refractivity contribution < 1.29 is 22.8 Å². The van der Waals surface area contributed by atoms with Gasteiger partial charge in [0.2, 0.25) is 5.91 Å². The Morgan fingerprint density at radius 2 is 1.83 bits per heavy atom. The predicted octanol–water partition coefficient (Wildman–Crippen LogP) is 0.794. The average molecular weight is 344 g/mol. The van der Waals surface area contributed by atoms with Gasteiger partial charge in [0.1, 0.15) is 0 Å². The van der Waals surface area contributed by atoms with Crippen LogP contribution in [0.3, 0.4) is 0 Å². The molecule has 1 saturated heterocycles. The number of aromatic nitrogens is 1. The van der Waals surface area contributed by atoms with Crippen molar-refractivity contribution >= 4 is 11.8 Å². The van der Waals surface area contributed by atoms with E-state index >= 15 is 0 Å². The van der Waals surface area contributed by atoms with Crippen molar-refractivity contribution in [2.75, 3.05) is 32.7 Å². The summed E-state index contributed by atoms with van der Waals surface area (Å²) in [4.78, 5) is 30.3. The minimum absolute atomic E-state index is 0.422. The number of nitrogens with one attached hydrogen (secondary N) is 1. The van der Waals surface area contributed by atoms with Gasteiger partial charge in [-0.1, -0.05) is 0 Å². The molecule has 1 aliphatic rings. The molecular weight excluding hydrogens is 325 g/mol. The van der Waals surface area contributed by atoms with Crippen molar-refractivity contribution in [3.63, 3.8) is 0 Å². The molecule has 1 aliphatic heterocycles. The van der Waals surface area contributed by atoms with E-state index in [-0.39, 0.29) is 0 Å². The Labute approximate surface area is 137 Å². The number of rotatable bonds is 4. The molecule has 2 rings (SSSR count). The first kappa shape index (κ1) is 18.2. The summed E-state index contributed by atoms with van der Waals surface area (Å²) < 4.78 is 36.4. The average Bonchev–Trinajstić information content (AvgIpc) is 2.78. The van der Waals surface area contributed by atoms with E-state index in [1.807, 2.05) is 12.1 Å². The van der Waals surface area contributed by atoms with Gasteiger partial charge in [-0.15, -0.1) is 0 Å². The van der Waals surface area contributed by atoms with Crippen molar-refractivity contribution in [1.29, 1.82) is 0 Å². The van der Waals surface area contributed by atoms with Gasteiger partial charge in [0.05, 0.1) is 6.54 Å². The Morgan fingerprint density at radius 3 is 2.50 bits per heavy atom. The Bertz CT molecular complexity index is 566. The molecule has 0 atom stereocenters. The molecule has 2 amide bonds. The molecule has 6 nitrogen and oxygen atoms in total. The molecule has 132 valence electrons. The lowest BCUT2D eigenvalue weighted by molar-refractivity contribution is -0.174. The van der Waals surface area contributed by atoms with E-state index in [1.54, 1.807) is 17.7 Å². The SMILES string of the molecule is O=C(CNC(=O)C(F)(F)F)N1CCCN(Cc2ccncc2)CC1. The highest BCUT2D eigenvalue weighted by atomic mass is 19.4. The van der Waals surface area contributed by atoms with Gasteiger partial charge in [-0.3, -0.25) is 19.5 Å². The summed E-state index contributed by atoms with van der Waals surface area (Å²) >= 11 is 0. The van der Waals surface area contributed by atoms with Gasteiger partial charge in [0.25, 0.3) is 0 Å². The van der Waals surface area contributed by atoms with E-state index < -0.39 is 24.5 Å². The minimum Gasteiger partial charge on any atom is -0.340 e. The van der Waals surface area contributed by atoms with Gasteiger partial charge < -0.3 is 10.2 Å². The summed E-state index contributed by atoms with van der Waals surface area (Å²) in [6.07, 6.45) is -0.816. The highest BCUT2D eigenvalue weighted by Gasteiger charge is 2.38. The van der Waals surface area contributed by atoms with Crippen LogP contribution in [0.2, 0.25) is 0 Å². The molecule has 0 aromatic carbocycles. The van der Waals surface area contributed by atoms with Crippen molar-refractivity contribution in [1.82, 2.24) is 20.1 Å². The highest BCUT2D eigenvalue weighted by molar-refractivity contribution is 5.87. The van der Waals surface area contributed by atoms with Crippen LogP contribution in [-0.2, 0) is 16.1 Å². The van der Waals surface area contributed by atoms with Gasteiger partial charge in [0, 0.05) is 45.1 Å². The highest BCUT2D eigenvalue weighted by Crippen LogP contribution is 2.14. The fraction of sp³-hybridized carbons (Fsp3) is 0.533. The van der Waals surface area contributed by atoms with Crippen LogP contribution in [0, 0.1) is 0 Å². The summed E-state index contributed by atoms with van der Waals surface area (Å²) in [6.45, 7) is 2.40. The minimum atomic E-state index is -4.97. The fourth-order valence-electron chi connectivity index (χ4n) is 2.49. The quantitative estimate of drug-likeness (QED) is 0.877. The molecule has 9 heteroatoms. The smallest absolute Gasteiger partial charge is 0.340 e. The number of carbonyl (C=O) groups is 2. The largest absolute Gasteiger partial charge is 0.471 e. The van der Waals surface area contributed by atoms with E-state index in [9.17, 15) is 22.8 Å². The first-order chi connectivity index (χ1) is 11.4. The molecule has 1 N–H and O–H groups in total. The summed E-state index contributed by atoms with van der Waals surface area (Å²) in [5, 5.41) is 1.62. The third-order valence-corrected chi connectivity index (χ3v) is 3.75. The molecule has 1 aromatic heterocycles. The third kappa shape index (κ3) is 5.48. The van der Waals surface area contributed by atoms with Gasteiger partial charge >= 0.3 is 12.1 Å². The molecule has 0 radical (unpaired) electrons. The Balaban J connectivity index is 1.80. The zero-order valence-corrected chi connectivity index (χ0v) is 13.1. The lowest BCUT2D eigenvalue weighted by Crippen LogP contribution is -2.45. The third-order valence-electron chi connectivity index (χ3n) is 3.75. The first-order valence-corrected chi connectivity index (χ1v) is 7.60. The second kappa shape index (κ2) is 8.09. The molecule has 0 saturated carbocycles. The predicted molar refractivity (Wildman–Crippen MR) is 79.8 cm³/mol. The van der Waals surface area contributed by atoms with Crippen molar-refractivity contribution in [2.45, 2.75) is 19.1 Å². The molecule has 0 spiro atoms. The van der Waals surface area contributed by atoms with Gasteiger partial charge in [-0.05, 0) is 24.1 Å². The Hall–Kier alpha value is -2.16. The number of hydrogen-bond acceptors (Lipinski definition) is 4. The zero-order chi connectivity index (χ0) is 17.6. The fourth-order valence-corrected chi connectivity index (χ4v) is 2.49. The molecule has 1 aromatic rings. The lowest BCUT2D eigenvalue weighted by Gasteiger charge is -2.22. The van der Waals surface area contributed by atoms with Crippen LogP contribution >= 0.6 is 0 Å². The summed E-state index contributed by atoms with van der Waals surface area (Å²) in [5.41, 5.74) is 1.11. The van der Waals surface area contributed by atoms with Crippen molar-refractivity contribution in [3.05, 3.63) is 30.1 Å². The van der Waals surface area contributed by atoms with Crippen LogP contribution < -0.4 is 5.32 Å². The maximum atomic E-state index is 12.1. The van der Waals surface area contributed by atoms with Crippen molar-refractivity contribution in [2.24, 2.45) is 0 Å². The summed E-state index contributed by atoms with van der Waals surface area (Å²) in [5.74, 6) is -2.59. The van der Waals surface area contributed by atoms with Crippen LogP contribution in [0.5, 0.6) is 0 Å². The number of alkyl halides is 3. The van der Waals surface area contributed by atoms with Crippen LogP contribution in [0.15, 0.2) is 24.5 Å². The van der Waals surface area contributed by atoms with E-state index in [0.29, 0.717) is 19.6 Å². The maximum absolute atomic E-state index is 12.1. The lowest BCUT2D eigenvalue weighted by atomic mass is 10.2. The van der Waals surface area contributed by atoms with Crippen LogP contribution in [0.4, 0.5) is 13.2 Å². The van der Waals surface area contributed by atoms with Gasteiger partial charge in [-0.25, -0.2) is 0 Å². The summed E-state index contributed by atoms with van der Waals surface area (Å²) in [6, 6.07) is 3.83. The van der Waals surface area contributed by atoms with E-state index in [1.165, 1.54) is 4.90 Å². The van der Waals surface area contributed by atoms with Gasteiger partial charge in [0.15, 0.2) is 0 Å². The number of halogens is 3. The monoisotopic (exact) mass is 344 g/mol. The molecule has 0 aliphatic carbocycles. The molecule has 2 heterocycles. The van der Waals surface area contributed by atoms with E-state index in [4.69, 9.17) is 0 Å². The first-order valence-electron chi connectivity index (χ1n) is 7.60. The van der Waals surface area contributed by atoms with E-state index in [2.05, 4.69) is 9.88 Å². The number of amides is 2. The number of hydrogen-bond donors (Lipinski definition) is 1. The molecule has 0 unspecified atom stereocenters. The van der Waals surface area contributed by atoms with E-state index in [0.717, 1.165) is 25.1 Å². The summed E-state index contributed by atoms with van der Waals surface area (Å²) in [7, 11) is 0. The molecular formula is C15H19F3N4O2. The number of nitrogens with zero attached hydrogens (tertiary/aromatic N) is 3. The van der Waals surface area contributed by atoms with Crippen LogP contribution in [-0.4, -0.2) is 65.5 Å². The number of pyridine rings is 1. The van der Waals surface area contributed by atoms with Crippen LogP contribution in [0.1, 0.15) is 12.0 Å². The molecule has 0 bridgehead atoms. The Morgan fingerprint density at radius 1 is 1.12 bits per heavy atom. The topological polar surface area (TPSA) is 65.5 Å².